The summed E-state index contributed by atoms with van der Waals surface area (Å²) >= 11 is 0. The SMILES string of the molecule is CNC(=O)c1cc([N+](=O)[O-])ccc1NCc1cccc(CN2CCCC(C(N)=O)C2)c1. The predicted octanol–water partition coefficient (Wildman–Crippen LogP) is 2.26. The zero-order chi connectivity index (χ0) is 22.4. The number of hydrogen-bond acceptors (Lipinski definition) is 6. The molecule has 1 fully saturated rings. The van der Waals surface area contributed by atoms with Crippen LogP contribution in [0.15, 0.2) is 42.5 Å². The second-order valence-electron chi connectivity index (χ2n) is 7.72. The van der Waals surface area contributed by atoms with Gasteiger partial charge in [-0.2, -0.15) is 0 Å². The Hall–Kier alpha value is -3.46. The van der Waals surface area contributed by atoms with Crippen molar-refractivity contribution >= 4 is 23.2 Å². The van der Waals surface area contributed by atoms with Crippen LogP contribution >= 0.6 is 0 Å². The summed E-state index contributed by atoms with van der Waals surface area (Å²) in [5.74, 6) is -0.726. The van der Waals surface area contributed by atoms with Crippen molar-refractivity contribution in [3.63, 3.8) is 0 Å². The standard InChI is InChI=1S/C22H27N5O4/c1-24-22(29)19-11-18(27(30)31)7-8-20(19)25-12-15-4-2-5-16(10-15)13-26-9-3-6-17(14-26)21(23)28/h2,4-5,7-8,10-11,17,25H,3,6,9,12-14H2,1H3,(H2,23,28)(H,24,29). The molecule has 0 aromatic heterocycles. The van der Waals surface area contributed by atoms with Gasteiger partial charge >= 0.3 is 0 Å². The van der Waals surface area contributed by atoms with Gasteiger partial charge in [-0.05, 0) is 36.6 Å². The average Bonchev–Trinajstić information content (AvgIpc) is 2.77. The van der Waals surface area contributed by atoms with E-state index in [0.717, 1.165) is 37.1 Å². The van der Waals surface area contributed by atoms with Crippen molar-refractivity contribution in [2.45, 2.75) is 25.9 Å². The highest BCUT2D eigenvalue weighted by atomic mass is 16.6. The second kappa shape index (κ2) is 10.0. The molecule has 2 amide bonds. The number of benzene rings is 2. The van der Waals surface area contributed by atoms with Crippen LogP contribution in [-0.2, 0) is 17.9 Å². The molecule has 0 bridgehead atoms. The fraction of sp³-hybridized carbons (Fsp3) is 0.364. The predicted molar refractivity (Wildman–Crippen MR) is 117 cm³/mol. The van der Waals surface area contributed by atoms with Crippen LogP contribution in [0.1, 0.15) is 34.3 Å². The Morgan fingerprint density at radius 2 is 2.00 bits per heavy atom. The van der Waals surface area contributed by atoms with Gasteiger partial charge in [0.2, 0.25) is 5.91 Å². The van der Waals surface area contributed by atoms with E-state index in [0.29, 0.717) is 18.8 Å². The van der Waals surface area contributed by atoms with Crippen LogP contribution in [0.2, 0.25) is 0 Å². The van der Waals surface area contributed by atoms with Crippen LogP contribution in [-0.4, -0.2) is 41.8 Å². The van der Waals surface area contributed by atoms with Gasteiger partial charge in [-0.15, -0.1) is 0 Å². The summed E-state index contributed by atoms with van der Waals surface area (Å²) in [7, 11) is 1.48. The lowest BCUT2D eigenvalue weighted by atomic mass is 9.97. The maximum Gasteiger partial charge on any atom is 0.270 e. The van der Waals surface area contributed by atoms with Gasteiger partial charge in [0.15, 0.2) is 0 Å². The van der Waals surface area contributed by atoms with E-state index >= 15 is 0 Å². The topological polar surface area (TPSA) is 131 Å². The Balaban J connectivity index is 1.68. The van der Waals surface area contributed by atoms with Gasteiger partial charge in [0.05, 0.1) is 16.4 Å². The Morgan fingerprint density at radius 3 is 2.71 bits per heavy atom. The van der Waals surface area contributed by atoms with Crippen LogP contribution in [0.5, 0.6) is 0 Å². The van der Waals surface area contributed by atoms with Gasteiger partial charge in [0.25, 0.3) is 11.6 Å². The van der Waals surface area contributed by atoms with Gasteiger partial charge in [-0.3, -0.25) is 24.6 Å². The van der Waals surface area contributed by atoms with Crippen LogP contribution in [0.3, 0.4) is 0 Å². The number of nitrogens with two attached hydrogens (primary N) is 1. The summed E-state index contributed by atoms with van der Waals surface area (Å²) in [6, 6.07) is 12.2. The van der Waals surface area contributed by atoms with E-state index in [1.807, 2.05) is 18.2 Å². The monoisotopic (exact) mass is 425 g/mol. The molecule has 1 aliphatic rings. The number of carbonyl (C=O) groups is 2. The molecule has 31 heavy (non-hydrogen) atoms. The first kappa shape index (κ1) is 22.2. The van der Waals surface area contributed by atoms with Gasteiger partial charge < -0.3 is 16.4 Å². The highest BCUT2D eigenvalue weighted by molar-refractivity contribution is 6.00. The van der Waals surface area contributed by atoms with Crippen molar-refractivity contribution < 1.29 is 14.5 Å². The third-order valence-corrected chi connectivity index (χ3v) is 5.47. The summed E-state index contributed by atoms with van der Waals surface area (Å²) < 4.78 is 0. The van der Waals surface area contributed by atoms with Crippen molar-refractivity contribution in [3.05, 3.63) is 69.3 Å². The van der Waals surface area contributed by atoms with E-state index < -0.39 is 10.8 Å². The highest BCUT2D eigenvalue weighted by Gasteiger charge is 2.23. The number of nitro benzene ring substituents is 1. The van der Waals surface area contributed by atoms with Crippen LogP contribution in [0, 0.1) is 16.0 Å². The Kier molecular flexibility index (Phi) is 7.19. The summed E-state index contributed by atoms with van der Waals surface area (Å²) in [4.78, 5) is 36.4. The maximum atomic E-state index is 12.2. The molecule has 9 nitrogen and oxygen atoms in total. The molecule has 164 valence electrons. The molecule has 1 heterocycles. The number of piperidine rings is 1. The summed E-state index contributed by atoms with van der Waals surface area (Å²) in [5, 5.41) is 16.8. The molecular weight excluding hydrogens is 398 g/mol. The van der Waals surface area contributed by atoms with Crippen LogP contribution in [0.25, 0.3) is 0 Å². The molecular formula is C22H27N5O4. The molecule has 1 unspecified atom stereocenters. The third kappa shape index (κ3) is 5.79. The second-order valence-corrected chi connectivity index (χ2v) is 7.72. The molecule has 1 atom stereocenters. The molecule has 4 N–H and O–H groups in total. The lowest BCUT2D eigenvalue weighted by Crippen LogP contribution is -2.40. The molecule has 0 radical (unpaired) electrons. The molecule has 0 aliphatic carbocycles. The number of rotatable bonds is 8. The first-order valence-corrected chi connectivity index (χ1v) is 10.2. The minimum Gasteiger partial charge on any atom is -0.380 e. The van der Waals surface area contributed by atoms with Gasteiger partial charge in [0, 0.05) is 44.5 Å². The molecule has 1 saturated heterocycles. The fourth-order valence-electron chi connectivity index (χ4n) is 3.85. The highest BCUT2D eigenvalue weighted by Crippen LogP contribution is 2.23. The molecule has 0 saturated carbocycles. The van der Waals surface area contributed by atoms with Crippen molar-refractivity contribution in [2.24, 2.45) is 11.7 Å². The van der Waals surface area contributed by atoms with Gasteiger partial charge in [0.1, 0.15) is 0 Å². The van der Waals surface area contributed by atoms with Gasteiger partial charge in [-0.1, -0.05) is 24.3 Å². The lowest BCUT2D eigenvalue weighted by molar-refractivity contribution is -0.384. The van der Waals surface area contributed by atoms with E-state index in [-0.39, 0.29) is 23.1 Å². The number of hydrogen-bond donors (Lipinski definition) is 3. The van der Waals surface area contributed by atoms with Crippen molar-refractivity contribution in [1.82, 2.24) is 10.2 Å². The van der Waals surface area contributed by atoms with Crippen LogP contribution in [0.4, 0.5) is 11.4 Å². The number of amides is 2. The number of non-ortho nitro benzene ring substituents is 1. The number of likely N-dealkylation sites (tertiary alicyclic amines) is 1. The number of nitro groups is 1. The zero-order valence-electron chi connectivity index (χ0n) is 17.5. The summed E-state index contributed by atoms with van der Waals surface area (Å²) in [6.07, 6.45) is 1.80. The van der Waals surface area contributed by atoms with E-state index in [1.165, 1.54) is 19.2 Å². The summed E-state index contributed by atoms with van der Waals surface area (Å²) in [6.45, 7) is 2.80. The average molecular weight is 425 g/mol. The Bertz CT molecular complexity index is 978. The molecule has 3 rings (SSSR count). The van der Waals surface area contributed by atoms with E-state index in [2.05, 4.69) is 21.6 Å². The number of carbonyl (C=O) groups excluding carboxylic acids is 2. The number of anilines is 1. The molecule has 2 aromatic carbocycles. The first-order chi connectivity index (χ1) is 14.9. The van der Waals surface area contributed by atoms with Crippen molar-refractivity contribution in [1.29, 1.82) is 0 Å². The first-order valence-electron chi connectivity index (χ1n) is 10.2. The number of nitrogens with zero attached hydrogens (tertiary/aromatic N) is 2. The third-order valence-electron chi connectivity index (χ3n) is 5.47. The smallest absolute Gasteiger partial charge is 0.270 e. The molecule has 0 spiro atoms. The normalized spacial score (nSPS) is 16.5. The fourth-order valence-corrected chi connectivity index (χ4v) is 3.85. The molecule has 2 aromatic rings. The number of primary amides is 1. The molecule has 9 heteroatoms. The quantitative estimate of drug-likeness (QED) is 0.439. The van der Waals surface area contributed by atoms with E-state index in [1.54, 1.807) is 6.07 Å². The van der Waals surface area contributed by atoms with E-state index in [9.17, 15) is 19.7 Å². The molecule has 1 aliphatic heterocycles. The minimum absolute atomic E-state index is 0.0936. The van der Waals surface area contributed by atoms with E-state index in [4.69, 9.17) is 5.73 Å². The van der Waals surface area contributed by atoms with Crippen LogP contribution < -0.4 is 16.4 Å². The zero-order valence-corrected chi connectivity index (χ0v) is 17.5. The Labute approximate surface area is 180 Å². The maximum absolute atomic E-state index is 12.2. The summed E-state index contributed by atoms with van der Waals surface area (Å²) in [5.41, 5.74) is 8.22. The largest absolute Gasteiger partial charge is 0.380 e. The minimum atomic E-state index is -0.525. The van der Waals surface area contributed by atoms with Gasteiger partial charge in [-0.25, -0.2) is 0 Å². The van der Waals surface area contributed by atoms with Crippen molar-refractivity contribution in [3.8, 4) is 0 Å². The Morgan fingerprint density at radius 1 is 1.23 bits per heavy atom. The lowest BCUT2D eigenvalue weighted by Gasteiger charge is -2.31. The van der Waals surface area contributed by atoms with Crippen molar-refractivity contribution in [2.75, 3.05) is 25.5 Å². The number of nitrogens with one attached hydrogen (secondary N) is 2.